The minimum atomic E-state index is -0.796. The fourth-order valence-corrected chi connectivity index (χ4v) is 2.30. The van der Waals surface area contributed by atoms with E-state index in [0.29, 0.717) is 0 Å². The summed E-state index contributed by atoms with van der Waals surface area (Å²) in [6.45, 7) is 5.22. The number of H-pyrrole nitrogens is 1. The summed E-state index contributed by atoms with van der Waals surface area (Å²) >= 11 is 0. The summed E-state index contributed by atoms with van der Waals surface area (Å²) in [5.41, 5.74) is 11.0. The Bertz CT molecular complexity index is 889. The van der Waals surface area contributed by atoms with Gasteiger partial charge in [-0.2, -0.15) is 4.98 Å². The Morgan fingerprint density at radius 2 is 2.04 bits per heavy atom. The van der Waals surface area contributed by atoms with E-state index in [1.807, 2.05) is 0 Å². The molecule has 2 aromatic heterocycles. The Morgan fingerprint density at radius 3 is 2.68 bits per heavy atom. The molecule has 0 saturated carbocycles. The molecule has 2 atom stereocenters. The molecule has 12 heteroatoms. The number of carbonyl (C=O) groups is 2. The van der Waals surface area contributed by atoms with Gasteiger partial charge in [0.1, 0.15) is 19.4 Å². The summed E-state index contributed by atoms with van der Waals surface area (Å²) in [7, 11) is 0. The van der Waals surface area contributed by atoms with Gasteiger partial charge in [-0.05, 0) is 12.8 Å². The highest BCUT2D eigenvalue weighted by Gasteiger charge is 2.26. The summed E-state index contributed by atoms with van der Waals surface area (Å²) in [5, 5.41) is 2.57. The van der Waals surface area contributed by atoms with E-state index in [1.54, 1.807) is 13.8 Å². The molecule has 0 aliphatic carbocycles. The van der Waals surface area contributed by atoms with Crippen LogP contribution in [-0.2, 0) is 25.8 Å². The topological polar surface area (TPSA) is 180 Å². The van der Waals surface area contributed by atoms with E-state index >= 15 is 0 Å². The molecular formula is C16H25N7O5. The minimum absolute atomic E-state index is 0.0150. The third kappa shape index (κ3) is 5.27. The second kappa shape index (κ2) is 9.28. The highest BCUT2D eigenvalue weighted by molar-refractivity contribution is 5.87. The van der Waals surface area contributed by atoms with Gasteiger partial charge in [0, 0.05) is 0 Å². The van der Waals surface area contributed by atoms with Crippen LogP contribution >= 0.6 is 0 Å². The van der Waals surface area contributed by atoms with Crippen molar-refractivity contribution in [2.24, 2.45) is 11.7 Å². The number of esters is 1. The number of hydrogen-bond acceptors (Lipinski definition) is 9. The fourth-order valence-electron chi connectivity index (χ4n) is 2.30. The number of nitrogens with zero attached hydrogens (tertiary/aromatic N) is 3. The molecule has 0 radical (unpaired) electrons. The van der Waals surface area contributed by atoms with Crippen molar-refractivity contribution in [1.29, 1.82) is 0 Å². The first-order valence-corrected chi connectivity index (χ1v) is 8.71. The van der Waals surface area contributed by atoms with Gasteiger partial charge >= 0.3 is 5.97 Å². The van der Waals surface area contributed by atoms with Crippen molar-refractivity contribution in [2.75, 3.05) is 18.9 Å². The molecule has 0 spiro atoms. The van der Waals surface area contributed by atoms with Crippen LogP contribution in [0.2, 0.25) is 0 Å². The SMILES string of the molecule is CC(C)[C@H](NC(=O)[C@H](C)N)C(=O)OCCOCn1cnc2c(=O)[nH]c(N)nc21. The lowest BCUT2D eigenvalue weighted by molar-refractivity contribution is -0.151. The minimum Gasteiger partial charge on any atom is -0.462 e. The lowest BCUT2D eigenvalue weighted by atomic mass is 10.0. The number of ether oxygens (including phenoxy) is 2. The van der Waals surface area contributed by atoms with Crippen molar-refractivity contribution < 1.29 is 19.1 Å². The number of aromatic amines is 1. The van der Waals surface area contributed by atoms with Gasteiger partial charge < -0.3 is 26.3 Å². The molecule has 2 aromatic rings. The first-order chi connectivity index (χ1) is 13.2. The van der Waals surface area contributed by atoms with Crippen LogP contribution in [0.15, 0.2) is 11.1 Å². The number of nitrogen functional groups attached to an aromatic ring is 1. The molecule has 2 heterocycles. The van der Waals surface area contributed by atoms with E-state index in [0.717, 1.165) is 0 Å². The molecule has 6 N–H and O–H groups in total. The van der Waals surface area contributed by atoms with Gasteiger partial charge in [0.15, 0.2) is 11.2 Å². The molecule has 2 rings (SSSR count). The number of imidazole rings is 1. The van der Waals surface area contributed by atoms with Crippen molar-refractivity contribution in [3.8, 4) is 0 Å². The number of carbonyl (C=O) groups excluding carboxylic acids is 2. The molecule has 0 saturated heterocycles. The average molecular weight is 395 g/mol. The normalized spacial score (nSPS) is 13.5. The maximum Gasteiger partial charge on any atom is 0.328 e. The predicted molar refractivity (Wildman–Crippen MR) is 99.9 cm³/mol. The lowest BCUT2D eigenvalue weighted by Gasteiger charge is -2.21. The Morgan fingerprint density at radius 1 is 1.32 bits per heavy atom. The third-order valence-corrected chi connectivity index (χ3v) is 3.83. The van der Waals surface area contributed by atoms with Gasteiger partial charge in [-0.25, -0.2) is 9.78 Å². The average Bonchev–Trinajstić information content (AvgIpc) is 3.01. The van der Waals surface area contributed by atoms with Crippen LogP contribution in [0.3, 0.4) is 0 Å². The summed E-state index contributed by atoms with van der Waals surface area (Å²) in [6, 6.07) is -1.52. The molecular weight excluding hydrogens is 370 g/mol. The van der Waals surface area contributed by atoms with Crippen LogP contribution in [0.4, 0.5) is 5.95 Å². The van der Waals surface area contributed by atoms with E-state index in [1.165, 1.54) is 17.8 Å². The van der Waals surface area contributed by atoms with Crippen LogP contribution in [0, 0.1) is 5.92 Å². The summed E-state index contributed by atoms with van der Waals surface area (Å²) in [4.78, 5) is 45.9. The number of nitrogens with two attached hydrogens (primary N) is 2. The Kier molecular flexibility index (Phi) is 7.06. The van der Waals surface area contributed by atoms with E-state index in [-0.39, 0.29) is 43.0 Å². The first-order valence-electron chi connectivity index (χ1n) is 8.71. The van der Waals surface area contributed by atoms with Crippen LogP contribution in [-0.4, -0.2) is 56.7 Å². The lowest BCUT2D eigenvalue weighted by Crippen LogP contribution is -2.50. The number of fused-ring (bicyclic) bond motifs is 1. The van der Waals surface area contributed by atoms with Crippen molar-refractivity contribution in [3.63, 3.8) is 0 Å². The van der Waals surface area contributed by atoms with Gasteiger partial charge in [-0.3, -0.25) is 19.1 Å². The number of hydrogen-bond donors (Lipinski definition) is 4. The predicted octanol–water partition coefficient (Wildman–Crippen LogP) is -1.29. The molecule has 0 aliphatic rings. The molecule has 0 bridgehead atoms. The van der Waals surface area contributed by atoms with Gasteiger partial charge in [0.25, 0.3) is 5.56 Å². The first kappa shape index (κ1) is 21.3. The van der Waals surface area contributed by atoms with Crippen molar-refractivity contribution in [3.05, 3.63) is 16.7 Å². The molecule has 0 aliphatic heterocycles. The van der Waals surface area contributed by atoms with Crippen LogP contribution in [0.5, 0.6) is 0 Å². The number of rotatable bonds is 9. The van der Waals surface area contributed by atoms with Gasteiger partial charge in [-0.1, -0.05) is 13.8 Å². The van der Waals surface area contributed by atoms with Crippen molar-refractivity contribution in [1.82, 2.24) is 24.8 Å². The van der Waals surface area contributed by atoms with Gasteiger partial charge in [-0.15, -0.1) is 0 Å². The standard InChI is InChI=1S/C16H25N7O5/c1-8(2)10(20-13(24)9(3)17)15(26)28-5-4-27-7-23-6-19-11-12(23)21-16(18)22-14(11)25/h6,8-10H,4-5,7,17H2,1-3H3,(H,20,24)(H3,18,21,22,25)/t9-,10-/m0/s1. The zero-order valence-electron chi connectivity index (χ0n) is 16.0. The molecule has 12 nitrogen and oxygen atoms in total. The highest BCUT2D eigenvalue weighted by Crippen LogP contribution is 2.07. The zero-order chi connectivity index (χ0) is 20.8. The fraction of sp³-hybridized carbons (Fsp3) is 0.562. The Balaban J connectivity index is 1.83. The van der Waals surface area contributed by atoms with E-state index in [9.17, 15) is 14.4 Å². The van der Waals surface area contributed by atoms with E-state index in [2.05, 4.69) is 20.3 Å². The quantitative estimate of drug-likeness (QED) is 0.296. The monoisotopic (exact) mass is 395 g/mol. The van der Waals surface area contributed by atoms with E-state index in [4.69, 9.17) is 20.9 Å². The Hall–Kier alpha value is -2.99. The van der Waals surface area contributed by atoms with E-state index < -0.39 is 29.5 Å². The second-order valence-electron chi connectivity index (χ2n) is 6.56. The third-order valence-electron chi connectivity index (χ3n) is 3.83. The maximum atomic E-state index is 12.2. The summed E-state index contributed by atoms with van der Waals surface area (Å²) in [6.07, 6.45) is 1.40. The molecule has 28 heavy (non-hydrogen) atoms. The molecule has 0 unspecified atom stereocenters. The molecule has 154 valence electrons. The molecule has 0 aromatic carbocycles. The van der Waals surface area contributed by atoms with Gasteiger partial charge in [0.2, 0.25) is 11.9 Å². The smallest absolute Gasteiger partial charge is 0.328 e. The molecule has 0 fully saturated rings. The number of aromatic nitrogens is 4. The largest absolute Gasteiger partial charge is 0.462 e. The number of nitrogens with one attached hydrogen (secondary N) is 2. The van der Waals surface area contributed by atoms with Gasteiger partial charge in [0.05, 0.1) is 19.0 Å². The number of anilines is 1. The second-order valence-corrected chi connectivity index (χ2v) is 6.56. The van der Waals surface area contributed by atoms with Crippen LogP contribution < -0.4 is 22.3 Å². The number of amides is 1. The summed E-state index contributed by atoms with van der Waals surface area (Å²) < 4.78 is 12.1. The Labute approximate surface area is 160 Å². The van der Waals surface area contributed by atoms with Crippen molar-refractivity contribution >= 4 is 29.0 Å². The van der Waals surface area contributed by atoms with Crippen LogP contribution in [0.1, 0.15) is 20.8 Å². The zero-order valence-corrected chi connectivity index (χ0v) is 16.0. The maximum absolute atomic E-state index is 12.2. The van der Waals surface area contributed by atoms with Crippen LogP contribution in [0.25, 0.3) is 11.2 Å². The summed E-state index contributed by atoms with van der Waals surface area (Å²) in [5.74, 6) is -1.19. The van der Waals surface area contributed by atoms with Crippen molar-refractivity contribution in [2.45, 2.75) is 39.6 Å². The molecule has 1 amide bonds. The highest BCUT2D eigenvalue weighted by atomic mass is 16.6.